The highest BCUT2D eigenvalue weighted by atomic mass is 35.5. The molecule has 4 aromatic rings. The number of rotatable bonds is 7. The molecule has 2 heterocycles. The summed E-state index contributed by atoms with van der Waals surface area (Å²) in [5, 5.41) is 1.42. The number of benzene rings is 2. The second-order valence-electron chi connectivity index (χ2n) is 6.92. The minimum atomic E-state index is 0. The van der Waals surface area contributed by atoms with Gasteiger partial charge in [0.1, 0.15) is 0 Å². The number of aryl methyl sites for hydroxylation is 2. The molecule has 0 aliphatic rings. The van der Waals surface area contributed by atoms with Crippen LogP contribution in [0.2, 0.25) is 5.02 Å². The maximum atomic E-state index is 13.2. The second-order valence-corrected chi connectivity index (χ2v) is 8.37. The van der Waals surface area contributed by atoms with E-state index >= 15 is 0 Å². The lowest BCUT2D eigenvalue weighted by atomic mass is 10.1. The Hall–Kier alpha value is -2.41. The van der Waals surface area contributed by atoms with Crippen LogP contribution in [0.3, 0.4) is 0 Å². The van der Waals surface area contributed by atoms with E-state index in [9.17, 15) is 4.79 Å². The summed E-state index contributed by atoms with van der Waals surface area (Å²) in [6, 6.07) is 13.5. The average Bonchev–Trinajstić information content (AvgIpc) is 3.37. The van der Waals surface area contributed by atoms with Crippen LogP contribution in [-0.2, 0) is 17.8 Å². The van der Waals surface area contributed by atoms with Crippen molar-refractivity contribution in [2.24, 2.45) is 0 Å². The van der Waals surface area contributed by atoms with Crippen molar-refractivity contribution in [3.8, 4) is 0 Å². The fraction of sp³-hybridized carbons (Fsp3) is 0.227. The molecular weight excluding hydrogens is 439 g/mol. The zero-order valence-electron chi connectivity index (χ0n) is 16.5. The third-order valence-electron chi connectivity index (χ3n) is 4.77. The highest BCUT2D eigenvalue weighted by Crippen LogP contribution is 2.31. The van der Waals surface area contributed by atoms with Crippen molar-refractivity contribution in [3.05, 3.63) is 77.3 Å². The number of para-hydroxylation sites is 1. The summed E-state index contributed by atoms with van der Waals surface area (Å²) in [5.41, 5.74) is 3.02. The van der Waals surface area contributed by atoms with Crippen molar-refractivity contribution in [2.45, 2.75) is 26.3 Å². The van der Waals surface area contributed by atoms with E-state index in [0.29, 0.717) is 18.0 Å². The summed E-state index contributed by atoms with van der Waals surface area (Å²) in [4.78, 5) is 23.9. The zero-order chi connectivity index (χ0) is 20.2. The van der Waals surface area contributed by atoms with Gasteiger partial charge >= 0.3 is 0 Å². The van der Waals surface area contributed by atoms with Gasteiger partial charge in [-0.25, -0.2) is 9.97 Å². The summed E-state index contributed by atoms with van der Waals surface area (Å²) in [6.45, 7) is 3.45. The average molecular weight is 461 g/mol. The number of carbonyl (C=O) groups excluding carboxylic acids is 1. The molecule has 0 atom stereocenters. The predicted octanol–water partition coefficient (Wildman–Crippen LogP) is 5.54. The van der Waals surface area contributed by atoms with Gasteiger partial charge in [-0.05, 0) is 42.7 Å². The predicted molar refractivity (Wildman–Crippen MR) is 126 cm³/mol. The molecule has 5 nitrogen and oxygen atoms in total. The minimum absolute atomic E-state index is 0. The Balaban J connectivity index is 0.00000256. The monoisotopic (exact) mass is 460 g/mol. The Labute approximate surface area is 190 Å². The molecule has 0 saturated carbocycles. The Morgan fingerprint density at radius 2 is 2.00 bits per heavy atom. The minimum Gasteiger partial charge on any atom is -0.337 e. The van der Waals surface area contributed by atoms with Crippen LogP contribution < -0.4 is 4.90 Å². The molecule has 2 aromatic heterocycles. The molecule has 0 aliphatic heterocycles. The number of amides is 1. The molecule has 30 heavy (non-hydrogen) atoms. The Bertz CT molecular complexity index is 1110. The van der Waals surface area contributed by atoms with Gasteiger partial charge in [0, 0.05) is 30.5 Å². The van der Waals surface area contributed by atoms with E-state index in [0.717, 1.165) is 39.4 Å². The van der Waals surface area contributed by atoms with Crippen LogP contribution in [0.15, 0.2) is 61.2 Å². The normalized spacial score (nSPS) is 10.7. The number of thiazole rings is 1. The van der Waals surface area contributed by atoms with Crippen molar-refractivity contribution in [1.82, 2.24) is 14.5 Å². The summed E-state index contributed by atoms with van der Waals surface area (Å²) in [5.74, 6) is 0.0367. The standard InChI is InChI=1S/C22H21ClN4OS.ClH/c1-16-4-2-5-19-21(16)25-22(29-19)27(12-3-11-26-13-10-24-15-26)20(28)14-17-6-8-18(23)9-7-17;/h2,4-10,13,15H,3,11-12,14H2,1H3;1H. The third-order valence-corrected chi connectivity index (χ3v) is 6.06. The van der Waals surface area contributed by atoms with Crippen LogP contribution in [0.25, 0.3) is 10.2 Å². The highest BCUT2D eigenvalue weighted by Gasteiger charge is 2.20. The number of fused-ring (bicyclic) bond motifs is 1. The molecule has 0 N–H and O–H groups in total. The van der Waals surface area contributed by atoms with Gasteiger partial charge in [-0.2, -0.15) is 0 Å². The van der Waals surface area contributed by atoms with Crippen LogP contribution in [0.4, 0.5) is 5.13 Å². The first-order valence-electron chi connectivity index (χ1n) is 9.47. The summed E-state index contributed by atoms with van der Waals surface area (Å²) in [6.07, 6.45) is 6.62. The third kappa shape index (κ3) is 5.19. The van der Waals surface area contributed by atoms with E-state index < -0.39 is 0 Å². The molecule has 0 spiro atoms. The molecule has 0 unspecified atom stereocenters. The summed E-state index contributed by atoms with van der Waals surface area (Å²) < 4.78 is 3.11. The Morgan fingerprint density at radius 3 is 2.70 bits per heavy atom. The van der Waals surface area contributed by atoms with E-state index in [-0.39, 0.29) is 18.3 Å². The van der Waals surface area contributed by atoms with E-state index in [1.54, 1.807) is 23.9 Å². The van der Waals surface area contributed by atoms with Crippen molar-refractivity contribution >= 4 is 56.6 Å². The smallest absolute Gasteiger partial charge is 0.233 e. The number of anilines is 1. The van der Waals surface area contributed by atoms with Crippen LogP contribution in [0.1, 0.15) is 17.5 Å². The number of nitrogens with zero attached hydrogens (tertiary/aromatic N) is 4. The first-order chi connectivity index (χ1) is 14.1. The molecule has 4 rings (SSSR count). The van der Waals surface area contributed by atoms with Gasteiger partial charge in [-0.1, -0.05) is 47.2 Å². The van der Waals surface area contributed by atoms with Crippen LogP contribution in [0, 0.1) is 6.92 Å². The lowest BCUT2D eigenvalue weighted by molar-refractivity contribution is -0.118. The molecule has 0 saturated heterocycles. The summed E-state index contributed by atoms with van der Waals surface area (Å²) in [7, 11) is 0. The second kappa shape index (κ2) is 10.1. The van der Waals surface area contributed by atoms with Gasteiger partial charge in [-0.3, -0.25) is 9.69 Å². The molecule has 156 valence electrons. The van der Waals surface area contributed by atoms with Crippen LogP contribution >= 0.6 is 35.3 Å². The molecule has 0 aliphatic carbocycles. The van der Waals surface area contributed by atoms with Crippen molar-refractivity contribution in [1.29, 1.82) is 0 Å². The molecule has 0 fully saturated rings. The lowest BCUT2D eigenvalue weighted by Gasteiger charge is -2.20. The van der Waals surface area contributed by atoms with Gasteiger partial charge in [0.2, 0.25) is 5.91 Å². The molecular formula is C22H22Cl2N4OS. The fourth-order valence-corrected chi connectivity index (χ4v) is 4.43. The largest absolute Gasteiger partial charge is 0.337 e. The van der Waals surface area contributed by atoms with Crippen LogP contribution in [-0.4, -0.2) is 27.0 Å². The molecule has 2 aromatic carbocycles. The number of carbonyl (C=O) groups is 1. The maximum Gasteiger partial charge on any atom is 0.233 e. The lowest BCUT2D eigenvalue weighted by Crippen LogP contribution is -2.33. The Morgan fingerprint density at radius 1 is 1.20 bits per heavy atom. The first kappa shape index (κ1) is 22.3. The van der Waals surface area contributed by atoms with Crippen molar-refractivity contribution in [3.63, 3.8) is 0 Å². The zero-order valence-corrected chi connectivity index (χ0v) is 18.9. The van der Waals surface area contributed by atoms with Gasteiger partial charge in [0.25, 0.3) is 0 Å². The Kier molecular flexibility index (Phi) is 7.48. The molecule has 0 bridgehead atoms. The van der Waals surface area contributed by atoms with Gasteiger partial charge in [0.15, 0.2) is 5.13 Å². The number of imidazole rings is 1. The summed E-state index contributed by atoms with van der Waals surface area (Å²) >= 11 is 7.54. The van der Waals surface area contributed by atoms with E-state index in [1.165, 1.54) is 0 Å². The quantitative estimate of drug-likeness (QED) is 0.363. The fourth-order valence-electron chi connectivity index (χ4n) is 3.22. The number of aromatic nitrogens is 3. The first-order valence-corrected chi connectivity index (χ1v) is 10.7. The maximum absolute atomic E-state index is 13.2. The molecule has 1 amide bonds. The van der Waals surface area contributed by atoms with Crippen molar-refractivity contribution in [2.75, 3.05) is 11.4 Å². The SMILES string of the molecule is Cc1cccc2sc(N(CCCn3ccnc3)C(=O)Cc3ccc(Cl)cc3)nc12.Cl. The number of hydrogen-bond acceptors (Lipinski definition) is 4. The van der Waals surface area contributed by atoms with E-state index in [2.05, 4.69) is 11.1 Å². The number of hydrogen-bond donors (Lipinski definition) is 0. The molecule has 8 heteroatoms. The topological polar surface area (TPSA) is 51.0 Å². The van der Waals surface area contributed by atoms with Crippen LogP contribution in [0.5, 0.6) is 0 Å². The van der Waals surface area contributed by atoms with E-state index in [1.807, 2.05) is 59.0 Å². The van der Waals surface area contributed by atoms with Gasteiger partial charge in [0.05, 0.1) is 23.0 Å². The van der Waals surface area contributed by atoms with Gasteiger partial charge < -0.3 is 4.57 Å². The molecule has 0 radical (unpaired) electrons. The van der Waals surface area contributed by atoms with Gasteiger partial charge in [-0.15, -0.1) is 12.4 Å². The highest BCUT2D eigenvalue weighted by molar-refractivity contribution is 7.22. The number of halogens is 2. The van der Waals surface area contributed by atoms with Crippen molar-refractivity contribution < 1.29 is 4.79 Å². The van der Waals surface area contributed by atoms with E-state index in [4.69, 9.17) is 16.6 Å².